The molecule has 0 saturated carbocycles. The van der Waals surface area contributed by atoms with Crippen LogP contribution in [0, 0.1) is 11.3 Å². The summed E-state index contributed by atoms with van der Waals surface area (Å²) in [6.45, 7) is 6.72. The van der Waals surface area contributed by atoms with Gasteiger partial charge in [-0.05, 0) is 38.0 Å². The number of benzene rings is 1. The predicted molar refractivity (Wildman–Crippen MR) is 72.9 cm³/mol. The first-order valence-electron chi connectivity index (χ1n) is 6.12. The third-order valence-corrected chi connectivity index (χ3v) is 3.24. The number of nitriles is 1. The number of rotatable bonds is 5. The minimum absolute atomic E-state index is 0.00710. The number of aliphatic hydroxyl groups is 1. The van der Waals surface area contributed by atoms with E-state index in [1.165, 1.54) is 0 Å². The number of hydrogen-bond donors (Lipinski definition) is 3. The highest BCUT2D eigenvalue weighted by molar-refractivity contribution is 5.55. The summed E-state index contributed by atoms with van der Waals surface area (Å²) in [6.07, 6.45) is 0.341. The average Bonchev–Trinajstić information content (AvgIpc) is 2.36. The molecule has 4 heteroatoms. The molecule has 0 aliphatic heterocycles. The first kappa shape index (κ1) is 14.5. The van der Waals surface area contributed by atoms with E-state index >= 15 is 0 Å². The van der Waals surface area contributed by atoms with Crippen molar-refractivity contribution < 1.29 is 5.11 Å². The first-order chi connectivity index (χ1) is 8.39. The molecule has 1 aromatic carbocycles. The van der Waals surface area contributed by atoms with Gasteiger partial charge >= 0.3 is 0 Å². The molecule has 0 spiro atoms. The molecule has 1 unspecified atom stereocenters. The summed E-state index contributed by atoms with van der Waals surface area (Å²) in [5.74, 6) is 0. The van der Waals surface area contributed by atoms with Crippen LogP contribution in [0.4, 0.5) is 5.69 Å². The fraction of sp³-hybridized carbons (Fsp3) is 0.500. The molecule has 98 valence electrons. The van der Waals surface area contributed by atoms with Crippen LogP contribution in [-0.4, -0.2) is 17.2 Å². The van der Waals surface area contributed by atoms with Crippen LogP contribution < -0.4 is 11.1 Å². The van der Waals surface area contributed by atoms with Crippen LogP contribution >= 0.6 is 0 Å². The highest BCUT2D eigenvalue weighted by atomic mass is 16.3. The average molecular weight is 247 g/mol. The summed E-state index contributed by atoms with van der Waals surface area (Å²) < 4.78 is 0. The van der Waals surface area contributed by atoms with Gasteiger partial charge in [0, 0.05) is 17.8 Å². The van der Waals surface area contributed by atoms with E-state index in [4.69, 9.17) is 11.0 Å². The Hall–Kier alpha value is -1.57. The molecule has 0 saturated heterocycles. The molecule has 0 aromatic heterocycles. The van der Waals surface area contributed by atoms with Gasteiger partial charge in [-0.3, -0.25) is 0 Å². The fourth-order valence-electron chi connectivity index (χ4n) is 1.49. The van der Waals surface area contributed by atoms with E-state index in [9.17, 15) is 5.11 Å². The lowest BCUT2D eigenvalue weighted by molar-refractivity contribution is 0.160. The molecule has 18 heavy (non-hydrogen) atoms. The highest BCUT2D eigenvalue weighted by Crippen LogP contribution is 2.19. The maximum atomic E-state index is 10.1. The van der Waals surface area contributed by atoms with Crippen molar-refractivity contribution in [2.75, 3.05) is 12.3 Å². The number of nitrogen functional groups attached to an aromatic ring is 1. The van der Waals surface area contributed by atoms with Crippen LogP contribution in [0.1, 0.15) is 44.4 Å². The van der Waals surface area contributed by atoms with Crippen molar-refractivity contribution in [3.8, 4) is 6.07 Å². The lowest BCUT2D eigenvalue weighted by Gasteiger charge is -2.26. The third kappa shape index (κ3) is 3.73. The Kier molecular flexibility index (Phi) is 4.71. The molecule has 4 nitrogen and oxygen atoms in total. The maximum absolute atomic E-state index is 10.1. The molecule has 0 fully saturated rings. The van der Waals surface area contributed by atoms with Gasteiger partial charge in [0.2, 0.25) is 0 Å². The Morgan fingerprint density at radius 3 is 2.72 bits per heavy atom. The topological polar surface area (TPSA) is 82.1 Å². The van der Waals surface area contributed by atoms with Gasteiger partial charge in [-0.2, -0.15) is 5.26 Å². The molecular weight excluding hydrogens is 226 g/mol. The largest absolute Gasteiger partial charge is 0.398 e. The Morgan fingerprint density at radius 1 is 1.50 bits per heavy atom. The van der Waals surface area contributed by atoms with Gasteiger partial charge in [0.05, 0.1) is 11.7 Å². The summed E-state index contributed by atoms with van der Waals surface area (Å²) in [4.78, 5) is 0. The van der Waals surface area contributed by atoms with Crippen LogP contribution in [0.15, 0.2) is 18.2 Å². The third-order valence-electron chi connectivity index (χ3n) is 3.24. The Morgan fingerprint density at radius 2 is 2.17 bits per heavy atom. The molecule has 0 radical (unpaired) electrons. The van der Waals surface area contributed by atoms with Crippen molar-refractivity contribution in [1.29, 1.82) is 5.26 Å². The van der Waals surface area contributed by atoms with Crippen LogP contribution in [-0.2, 0) is 0 Å². The number of aliphatic hydroxyl groups excluding tert-OH is 1. The standard InChI is InChI=1S/C14H21N3O/c1-4-14(2,3)17-9-13(18)10-5-6-12(16)11(7-10)8-15/h5-7,13,17-18H,4,9,16H2,1-3H3. The minimum Gasteiger partial charge on any atom is -0.398 e. The normalized spacial score (nSPS) is 13.1. The van der Waals surface area contributed by atoms with Crippen molar-refractivity contribution in [3.05, 3.63) is 29.3 Å². The minimum atomic E-state index is -0.636. The Labute approximate surface area is 108 Å². The van der Waals surface area contributed by atoms with E-state index in [1.807, 2.05) is 6.07 Å². The SMILES string of the molecule is CCC(C)(C)NCC(O)c1ccc(N)c(C#N)c1. The first-order valence-corrected chi connectivity index (χ1v) is 6.12. The maximum Gasteiger partial charge on any atom is 0.101 e. The smallest absolute Gasteiger partial charge is 0.101 e. The fourth-order valence-corrected chi connectivity index (χ4v) is 1.49. The molecule has 0 amide bonds. The molecule has 4 N–H and O–H groups in total. The van der Waals surface area contributed by atoms with Gasteiger partial charge in [0.15, 0.2) is 0 Å². The zero-order valence-electron chi connectivity index (χ0n) is 11.2. The summed E-state index contributed by atoms with van der Waals surface area (Å²) in [5.41, 5.74) is 7.19. The van der Waals surface area contributed by atoms with Gasteiger partial charge in [0.25, 0.3) is 0 Å². The van der Waals surface area contributed by atoms with Crippen LogP contribution in [0.2, 0.25) is 0 Å². The summed E-state index contributed by atoms with van der Waals surface area (Å²) >= 11 is 0. The van der Waals surface area contributed by atoms with Gasteiger partial charge in [-0.15, -0.1) is 0 Å². The monoisotopic (exact) mass is 247 g/mol. The van der Waals surface area contributed by atoms with E-state index in [-0.39, 0.29) is 5.54 Å². The quantitative estimate of drug-likeness (QED) is 0.695. The zero-order valence-corrected chi connectivity index (χ0v) is 11.2. The van der Waals surface area contributed by atoms with Crippen LogP contribution in [0.25, 0.3) is 0 Å². The van der Waals surface area contributed by atoms with E-state index in [0.717, 1.165) is 6.42 Å². The van der Waals surface area contributed by atoms with Crippen molar-refractivity contribution in [1.82, 2.24) is 5.32 Å². The van der Waals surface area contributed by atoms with Crippen molar-refractivity contribution in [2.24, 2.45) is 0 Å². The second-order valence-corrected chi connectivity index (χ2v) is 5.09. The molecule has 1 atom stereocenters. The number of β-amino-alcohol motifs (C(OH)–C–C–N with tert-alkyl or cyclic N) is 1. The highest BCUT2D eigenvalue weighted by Gasteiger charge is 2.17. The number of nitrogens with zero attached hydrogens (tertiary/aromatic N) is 1. The molecule has 0 bridgehead atoms. The Bertz CT molecular complexity index is 449. The van der Waals surface area contributed by atoms with E-state index in [2.05, 4.69) is 26.1 Å². The molecule has 0 aliphatic rings. The number of nitrogens with one attached hydrogen (secondary N) is 1. The van der Waals surface area contributed by atoms with Crippen molar-refractivity contribution >= 4 is 5.69 Å². The zero-order chi connectivity index (χ0) is 13.8. The van der Waals surface area contributed by atoms with Crippen LogP contribution in [0.5, 0.6) is 0 Å². The van der Waals surface area contributed by atoms with E-state index < -0.39 is 6.10 Å². The second-order valence-electron chi connectivity index (χ2n) is 5.09. The van der Waals surface area contributed by atoms with Crippen molar-refractivity contribution in [3.63, 3.8) is 0 Å². The molecule has 1 rings (SSSR count). The lowest BCUT2D eigenvalue weighted by atomic mass is 10.0. The van der Waals surface area contributed by atoms with Crippen LogP contribution in [0.3, 0.4) is 0 Å². The van der Waals surface area contributed by atoms with Gasteiger partial charge < -0.3 is 16.2 Å². The molecular formula is C14H21N3O. The summed E-state index contributed by atoms with van der Waals surface area (Å²) in [5, 5.41) is 22.3. The molecule has 1 aromatic rings. The predicted octanol–water partition coefficient (Wildman–Crippen LogP) is 1.95. The van der Waals surface area contributed by atoms with Gasteiger partial charge in [-0.25, -0.2) is 0 Å². The van der Waals surface area contributed by atoms with Gasteiger partial charge in [0.1, 0.15) is 6.07 Å². The summed E-state index contributed by atoms with van der Waals surface area (Å²) in [7, 11) is 0. The number of hydrogen-bond acceptors (Lipinski definition) is 4. The summed E-state index contributed by atoms with van der Waals surface area (Å²) in [6, 6.07) is 7.06. The second kappa shape index (κ2) is 5.85. The Balaban J connectivity index is 2.74. The van der Waals surface area contributed by atoms with E-state index in [1.54, 1.807) is 18.2 Å². The molecule has 0 aliphatic carbocycles. The molecule has 0 heterocycles. The van der Waals surface area contributed by atoms with Crippen molar-refractivity contribution in [2.45, 2.75) is 38.8 Å². The van der Waals surface area contributed by atoms with E-state index in [0.29, 0.717) is 23.4 Å². The lowest BCUT2D eigenvalue weighted by Crippen LogP contribution is -2.40. The number of anilines is 1. The number of nitrogens with two attached hydrogens (primary N) is 1. The van der Waals surface area contributed by atoms with Gasteiger partial charge in [-0.1, -0.05) is 13.0 Å².